The van der Waals surface area contributed by atoms with Crippen molar-refractivity contribution in [2.24, 2.45) is 5.92 Å². The number of carbonyl (C=O) groups is 2. The summed E-state index contributed by atoms with van der Waals surface area (Å²) in [5, 5.41) is 3.89. The minimum atomic E-state index is -1.13. The van der Waals surface area contributed by atoms with E-state index in [9.17, 15) is 9.59 Å². The van der Waals surface area contributed by atoms with Gasteiger partial charge in [-0.2, -0.15) is 0 Å². The van der Waals surface area contributed by atoms with Crippen LogP contribution in [0.4, 0.5) is 0 Å². The molecule has 2 fully saturated rings. The number of carbonyl (C=O) groups excluding carboxylic acids is 2. The van der Waals surface area contributed by atoms with E-state index in [1.807, 2.05) is 66.7 Å². The summed E-state index contributed by atoms with van der Waals surface area (Å²) in [6.45, 7) is 4.70. The molecule has 0 aliphatic carbocycles. The number of hydrogen-bond donors (Lipinski definition) is 1. The van der Waals surface area contributed by atoms with Crippen LogP contribution in [0.25, 0.3) is 0 Å². The van der Waals surface area contributed by atoms with Crippen LogP contribution < -0.4 is 10.1 Å². The molecule has 1 N–H and O–H groups in total. The van der Waals surface area contributed by atoms with E-state index < -0.39 is 17.6 Å². The lowest BCUT2D eigenvalue weighted by atomic mass is 9.84. The molecule has 0 bridgehead atoms. The lowest BCUT2D eigenvalue weighted by Crippen LogP contribution is -2.54. The number of hydrogen-bond acceptors (Lipinski definition) is 4. The lowest BCUT2D eigenvalue weighted by Gasteiger charge is -2.34. The molecule has 0 spiro atoms. The molecular formula is C28H30BrIN2O4. The number of amides is 2. The predicted molar refractivity (Wildman–Crippen MR) is 152 cm³/mol. The van der Waals surface area contributed by atoms with Gasteiger partial charge < -0.3 is 19.7 Å². The minimum Gasteiger partial charge on any atom is -0.497 e. The van der Waals surface area contributed by atoms with Crippen LogP contribution >= 0.6 is 38.5 Å². The van der Waals surface area contributed by atoms with Crippen LogP contribution in [-0.4, -0.2) is 50.8 Å². The Bertz CT molecular complexity index is 1110. The Labute approximate surface area is 234 Å². The molecule has 6 nitrogen and oxygen atoms in total. The smallest absolute Gasteiger partial charge is 0.246 e. The maximum atomic E-state index is 13.9. The zero-order valence-corrected chi connectivity index (χ0v) is 23.9. The molecule has 4 rings (SSSR count). The summed E-state index contributed by atoms with van der Waals surface area (Å²) in [5.41, 5.74) is 0.762. The molecule has 2 aliphatic heterocycles. The Morgan fingerprint density at radius 1 is 1.22 bits per heavy atom. The monoisotopic (exact) mass is 664 g/mol. The number of nitrogens with one attached hydrogen (secondary N) is 1. The van der Waals surface area contributed by atoms with Crippen molar-refractivity contribution in [2.75, 3.05) is 12.4 Å². The maximum Gasteiger partial charge on any atom is 0.246 e. The van der Waals surface area contributed by atoms with Gasteiger partial charge in [-0.3, -0.25) is 9.59 Å². The fourth-order valence-electron chi connectivity index (χ4n) is 4.98. The first kappa shape index (κ1) is 26.9. The molecule has 190 valence electrons. The molecule has 0 saturated carbocycles. The number of benzene rings is 2. The van der Waals surface area contributed by atoms with E-state index in [1.165, 1.54) is 0 Å². The van der Waals surface area contributed by atoms with Crippen molar-refractivity contribution in [1.82, 2.24) is 10.2 Å². The molecule has 0 unspecified atom stereocenters. The van der Waals surface area contributed by atoms with Crippen LogP contribution in [0.3, 0.4) is 0 Å². The quantitative estimate of drug-likeness (QED) is 0.225. The van der Waals surface area contributed by atoms with Gasteiger partial charge in [0.15, 0.2) is 0 Å². The van der Waals surface area contributed by atoms with Crippen molar-refractivity contribution < 1.29 is 19.1 Å². The van der Waals surface area contributed by atoms with E-state index in [0.29, 0.717) is 6.54 Å². The number of rotatable bonds is 10. The second-order valence-corrected chi connectivity index (χ2v) is 11.1. The van der Waals surface area contributed by atoms with Crippen molar-refractivity contribution in [3.05, 3.63) is 90.5 Å². The van der Waals surface area contributed by atoms with Crippen LogP contribution in [0, 0.1) is 5.92 Å². The molecule has 2 saturated heterocycles. The summed E-state index contributed by atoms with van der Waals surface area (Å²) in [4.78, 5) is 29.3. The number of methoxy groups -OCH3 is 1. The highest BCUT2D eigenvalue weighted by Gasteiger charge is 2.68. The van der Waals surface area contributed by atoms with Crippen molar-refractivity contribution in [2.45, 2.75) is 41.2 Å². The molecule has 36 heavy (non-hydrogen) atoms. The van der Waals surface area contributed by atoms with Gasteiger partial charge in [-0.05, 0) is 29.7 Å². The fraction of sp³-hybridized carbons (Fsp3) is 0.357. The molecule has 0 radical (unpaired) electrons. The zero-order valence-electron chi connectivity index (χ0n) is 20.1. The SMILES string of the molecule is C=C[C@]12O[C@H](/C=C\CCBr)[C@@H](I)[C@H]1C(=O)N(Cc1ccc(OC)cc1)[C@@H]2C(=O)NCc1ccccc1. The second-order valence-electron chi connectivity index (χ2n) is 8.89. The van der Waals surface area contributed by atoms with Crippen LogP contribution in [-0.2, 0) is 27.4 Å². The summed E-state index contributed by atoms with van der Waals surface area (Å²) >= 11 is 5.73. The third-order valence-corrected chi connectivity index (χ3v) is 8.62. The first-order valence-electron chi connectivity index (χ1n) is 11.9. The van der Waals surface area contributed by atoms with E-state index >= 15 is 0 Å². The van der Waals surface area contributed by atoms with Gasteiger partial charge in [0.1, 0.15) is 17.4 Å². The molecule has 2 amide bonds. The molecule has 2 aromatic carbocycles. The number of nitrogens with zero attached hydrogens (tertiary/aromatic N) is 1. The van der Waals surface area contributed by atoms with Gasteiger partial charge in [-0.25, -0.2) is 0 Å². The predicted octanol–water partition coefficient (Wildman–Crippen LogP) is 4.81. The molecule has 5 atom stereocenters. The Morgan fingerprint density at radius 2 is 1.94 bits per heavy atom. The largest absolute Gasteiger partial charge is 0.497 e. The molecular weight excluding hydrogens is 635 g/mol. The van der Waals surface area contributed by atoms with Gasteiger partial charge >= 0.3 is 0 Å². The van der Waals surface area contributed by atoms with E-state index in [0.717, 1.165) is 28.6 Å². The lowest BCUT2D eigenvalue weighted by molar-refractivity contribution is -0.140. The number of fused-ring (bicyclic) bond motifs is 1. The molecule has 8 heteroatoms. The van der Waals surface area contributed by atoms with Crippen LogP contribution in [0.1, 0.15) is 17.5 Å². The summed E-state index contributed by atoms with van der Waals surface area (Å²) < 4.78 is 11.7. The topological polar surface area (TPSA) is 67.9 Å². The van der Waals surface area contributed by atoms with Crippen molar-refractivity contribution >= 4 is 50.3 Å². The Kier molecular flexibility index (Phi) is 8.90. The van der Waals surface area contributed by atoms with E-state index in [4.69, 9.17) is 9.47 Å². The summed E-state index contributed by atoms with van der Waals surface area (Å²) in [6.07, 6.45) is 6.28. The molecule has 2 aliphatic rings. The second kappa shape index (κ2) is 11.9. The van der Waals surface area contributed by atoms with Gasteiger partial charge in [0, 0.05) is 18.4 Å². The third kappa shape index (κ3) is 5.26. The van der Waals surface area contributed by atoms with Gasteiger partial charge in [0.05, 0.1) is 23.1 Å². The third-order valence-electron chi connectivity index (χ3n) is 6.74. The average molecular weight is 665 g/mol. The first-order chi connectivity index (χ1) is 17.4. The van der Waals surface area contributed by atoms with Crippen molar-refractivity contribution in [3.8, 4) is 5.75 Å². The number of halogens is 2. The Balaban J connectivity index is 1.66. The molecule has 0 aromatic heterocycles. The van der Waals surface area contributed by atoms with E-state index in [-0.39, 0.29) is 28.4 Å². The average Bonchev–Trinajstić information content (AvgIpc) is 3.32. The highest BCUT2D eigenvalue weighted by Crippen LogP contribution is 2.51. The summed E-state index contributed by atoms with van der Waals surface area (Å²) in [7, 11) is 1.61. The molecule has 2 heterocycles. The number of likely N-dealkylation sites (tertiary alicyclic amines) is 1. The van der Waals surface area contributed by atoms with E-state index in [1.54, 1.807) is 18.1 Å². The van der Waals surface area contributed by atoms with Crippen LogP contribution in [0.2, 0.25) is 0 Å². The summed E-state index contributed by atoms with van der Waals surface area (Å²) in [5.74, 6) is -0.130. The fourth-order valence-corrected chi connectivity index (χ4v) is 6.50. The number of allylic oxidation sites excluding steroid dienone is 1. The number of ether oxygens (including phenoxy) is 2. The van der Waals surface area contributed by atoms with Crippen LogP contribution in [0.15, 0.2) is 79.4 Å². The molecule has 2 aromatic rings. The first-order valence-corrected chi connectivity index (χ1v) is 14.2. The summed E-state index contributed by atoms with van der Waals surface area (Å²) in [6, 6.07) is 16.4. The normalized spacial score (nSPS) is 27.3. The zero-order chi connectivity index (χ0) is 25.7. The highest BCUT2D eigenvalue weighted by molar-refractivity contribution is 14.1. The number of alkyl halides is 2. The van der Waals surface area contributed by atoms with Gasteiger partial charge in [-0.15, -0.1) is 6.58 Å². The van der Waals surface area contributed by atoms with Gasteiger partial charge in [0.25, 0.3) is 0 Å². The highest BCUT2D eigenvalue weighted by atomic mass is 127. The van der Waals surface area contributed by atoms with Crippen LogP contribution in [0.5, 0.6) is 5.75 Å². The van der Waals surface area contributed by atoms with E-state index in [2.05, 4.69) is 50.4 Å². The minimum absolute atomic E-state index is 0.0960. The Morgan fingerprint density at radius 3 is 2.58 bits per heavy atom. The van der Waals surface area contributed by atoms with Gasteiger partial charge in [-0.1, -0.05) is 99.2 Å². The standard InChI is InChI=1S/C28H30BrIN2O4/c1-3-28-23(24(30)22(36-28)11-7-8-16-29)27(34)32(18-20-12-14-21(35-2)15-13-20)25(28)26(33)31-17-19-9-5-4-6-10-19/h3-7,9-15,22-25H,1,8,16-18H2,2H3,(H,31,33)/b11-7-/t22-,23+,24-,25-,28+/m1/s1. The Hall–Kier alpha value is -2.17. The van der Waals surface area contributed by atoms with Gasteiger partial charge in [0.2, 0.25) is 11.8 Å². The van der Waals surface area contributed by atoms with Crippen molar-refractivity contribution in [1.29, 1.82) is 0 Å². The maximum absolute atomic E-state index is 13.9. The van der Waals surface area contributed by atoms with Crippen molar-refractivity contribution in [3.63, 3.8) is 0 Å².